The number of imide groups is 1. The molecule has 28 heavy (non-hydrogen) atoms. The lowest BCUT2D eigenvalue weighted by Crippen LogP contribution is -2.36. The van der Waals surface area contributed by atoms with Gasteiger partial charge in [-0.1, -0.05) is 6.07 Å². The molecule has 3 rings (SSSR count). The van der Waals surface area contributed by atoms with E-state index in [-0.39, 0.29) is 4.91 Å². The number of nitrogens with one attached hydrogen (secondary N) is 1. The van der Waals surface area contributed by atoms with Crippen molar-refractivity contribution in [3.8, 4) is 5.75 Å². The Kier molecular flexibility index (Phi) is 6.15. The van der Waals surface area contributed by atoms with Crippen LogP contribution in [-0.2, 0) is 9.59 Å². The maximum atomic E-state index is 12.9. The fraction of sp³-hybridized carbons (Fsp3) is 0.105. The minimum Gasteiger partial charge on any atom is -0.496 e. The molecule has 0 bridgehead atoms. The smallest absolute Gasteiger partial charge is 0.294 e. The molecule has 0 unspecified atom stereocenters. The van der Waals surface area contributed by atoms with Gasteiger partial charge in [-0.2, -0.15) is 0 Å². The molecule has 0 aromatic heterocycles. The van der Waals surface area contributed by atoms with E-state index in [1.165, 1.54) is 24.3 Å². The van der Waals surface area contributed by atoms with Gasteiger partial charge in [-0.25, -0.2) is 4.39 Å². The number of hydrogen-bond donors (Lipinski definition) is 1. The number of rotatable bonds is 5. The largest absolute Gasteiger partial charge is 0.496 e. The Labute approximate surface area is 172 Å². The molecule has 1 aliphatic rings. The van der Waals surface area contributed by atoms with E-state index in [2.05, 4.69) is 21.2 Å². The van der Waals surface area contributed by atoms with Gasteiger partial charge in [0.05, 0.1) is 16.5 Å². The Balaban J connectivity index is 1.69. The van der Waals surface area contributed by atoms with Crippen molar-refractivity contribution in [1.82, 2.24) is 4.90 Å². The summed E-state index contributed by atoms with van der Waals surface area (Å²) in [6.45, 7) is -0.425. The van der Waals surface area contributed by atoms with Gasteiger partial charge in [0.25, 0.3) is 11.1 Å². The molecule has 0 aliphatic carbocycles. The van der Waals surface area contributed by atoms with E-state index < -0.39 is 29.4 Å². The molecule has 1 heterocycles. The van der Waals surface area contributed by atoms with Crippen LogP contribution in [0, 0.1) is 5.82 Å². The third-order valence-electron chi connectivity index (χ3n) is 3.78. The monoisotopic (exact) mass is 464 g/mol. The zero-order chi connectivity index (χ0) is 20.3. The van der Waals surface area contributed by atoms with Gasteiger partial charge in [0, 0.05) is 5.69 Å². The lowest BCUT2D eigenvalue weighted by molar-refractivity contribution is -0.127. The van der Waals surface area contributed by atoms with Crippen molar-refractivity contribution in [2.24, 2.45) is 0 Å². The van der Waals surface area contributed by atoms with E-state index in [1.54, 1.807) is 31.4 Å². The van der Waals surface area contributed by atoms with E-state index in [1.807, 2.05) is 0 Å². The number of thioether (sulfide) groups is 1. The van der Waals surface area contributed by atoms with Crippen molar-refractivity contribution in [3.05, 3.63) is 63.2 Å². The Morgan fingerprint density at radius 2 is 1.96 bits per heavy atom. The second-order valence-electron chi connectivity index (χ2n) is 5.72. The summed E-state index contributed by atoms with van der Waals surface area (Å²) in [5, 5.41) is 1.99. The topological polar surface area (TPSA) is 75.7 Å². The Bertz CT molecular complexity index is 978. The van der Waals surface area contributed by atoms with Gasteiger partial charge in [-0.3, -0.25) is 19.3 Å². The first-order valence-corrected chi connectivity index (χ1v) is 9.62. The zero-order valence-electron chi connectivity index (χ0n) is 14.6. The number of anilines is 1. The highest BCUT2D eigenvalue weighted by atomic mass is 79.9. The summed E-state index contributed by atoms with van der Waals surface area (Å²) in [6.07, 6.45) is 1.58. The van der Waals surface area contributed by atoms with Crippen LogP contribution in [0.2, 0.25) is 0 Å². The minimum absolute atomic E-state index is 0.219. The number of carbonyl (C=O) groups excluding carboxylic acids is 3. The number of methoxy groups -OCH3 is 1. The number of halogens is 2. The molecule has 3 amide bonds. The van der Waals surface area contributed by atoms with Crippen LogP contribution in [0.15, 0.2) is 51.8 Å². The highest BCUT2D eigenvalue weighted by molar-refractivity contribution is 9.10. The van der Waals surface area contributed by atoms with Crippen LogP contribution in [0.4, 0.5) is 14.9 Å². The number of ether oxygens (including phenoxy) is 1. The first kappa shape index (κ1) is 20.1. The molecule has 2 aromatic carbocycles. The van der Waals surface area contributed by atoms with E-state index >= 15 is 0 Å². The molecule has 9 heteroatoms. The Hall–Kier alpha value is -2.65. The van der Waals surface area contributed by atoms with E-state index in [0.717, 1.165) is 16.7 Å². The molecular formula is C19H14BrFN2O4S. The molecule has 6 nitrogen and oxygen atoms in total. The summed E-state index contributed by atoms with van der Waals surface area (Å²) in [5.41, 5.74) is 1.07. The standard InChI is InChI=1S/C19H14BrFN2O4S/c1-27-15-7-2-11(8-14(15)20)9-16-18(25)23(19(26)28-16)10-17(24)22-13-5-3-12(21)4-6-13/h2-9H,10H2,1H3,(H,22,24)/b16-9-. The van der Waals surface area contributed by atoms with Gasteiger partial charge >= 0.3 is 0 Å². The highest BCUT2D eigenvalue weighted by Gasteiger charge is 2.36. The number of nitrogens with zero attached hydrogens (tertiary/aromatic N) is 1. The molecule has 1 saturated heterocycles. The van der Waals surface area contributed by atoms with Crippen LogP contribution in [-0.4, -0.2) is 35.6 Å². The Morgan fingerprint density at radius 1 is 1.25 bits per heavy atom. The van der Waals surface area contributed by atoms with Crippen molar-refractivity contribution in [2.45, 2.75) is 0 Å². The zero-order valence-corrected chi connectivity index (χ0v) is 17.0. The summed E-state index contributed by atoms with van der Waals surface area (Å²) in [4.78, 5) is 37.9. The lowest BCUT2D eigenvalue weighted by Gasteiger charge is -2.12. The maximum Gasteiger partial charge on any atom is 0.294 e. The van der Waals surface area contributed by atoms with Gasteiger partial charge in [0.15, 0.2) is 0 Å². The number of benzene rings is 2. The van der Waals surface area contributed by atoms with Gasteiger partial charge in [0.2, 0.25) is 5.91 Å². The molecule has 1 fully saturated rings. The van der Waals surface area contributed by atoms with Crippen LogP contribution in [0.25, 0.3) is 6.08 Å². The maximum absolute atomic E-state index is 12.9. The highest BCUT2D eigenvalue weighted by Crippen LogP contribution is 2.33. The van der Waals surface area contributed by atoms with Crippen molar-refractivity contribution >= 4 is 56.5 Å². The van der Waals surface area contributed by atoms with Gasteiger partial charge in [0.1, 0.15) is 18.1 Å². The van der Waals surface area contributed by atoms with Crippen molar-refractivity contribution in [1.29, 1.82) is 0 Å². The first-order chi connectivity index (χ1) is 13.4. The van der Waals surface area contributed by atoms with Crippen molar-refractivity contribution < 1.29 is 23.5 Å². The van der Waals surface area contributed by atoms with Crippen molar-refractivity contribution in [2.75, 3.05) is 19.0 Å². The van der Waals surface area contributed by atoms with Crippen LogP contribution < -0.4 is 10.1 Å². The van der Waals surface area contributed by atoms with E-state index in [0.29, 0.717) is 21.5 Å². The molecule has 0 radical (unpaired) electrons. The average molecular weight is 465 g/mol. The molecule has 1 N–H and O–H groups in total. The number of carbonyl (C=O) groups is 3. The average Bonchev–Trinajstić information content (AvgIpc) is 2.91. The molecule has 0 atom stereocenters. The first-order valence-electron chi connectivity index (χ1n) is 8.01. The fourth-order valence-electron chi connectivity index (χ4n) is 2.44. The minimum atomic E-state index is -0.553. The quantitative estimate of drug-likeness (QED) is 0.668. The summed E-state index contributed by atoms with van der Waals surface area (Å²) >= 11 is 4.13. The summed E-state index contributed by atoms with van der Waals surface area (Å²) in [7, 11) is 1.54. The van der Waals surface area contributed by atoms with E-state index in [9.17, 15) is 18.8 Å². The molecule has 144 valence electrons. The third kappa shape index (κ3) is 4.60. The predicted molar refractivity (Wildman–Crippen MR) is 108 cm³/mol. The molecule has 1 aliphatic heterocycles. The predicted octanol–water partition coefficient (Wildman–Crippen LogP) is 4.27. The van der Waals surface area contributed by atoms with Gasteiger partial charge in [-0.15, -0.1) is 0 Å². The van der Waals surface area contributed by atoms with Crippen LogP contribution >= 0.6 is 27.7 Å². The van der Waals surface area contributed by atoms with Gasteiger partial charge < -0.3 is 10.1 Å². The molecular weight excluding hydrogens is 451 g/mol. The summed E-state index contributed by atoms with van der Waals surface area (Å²) < 4.78 is 18.8. The van der Waals surface area contributed by atoms with Crippen LogP contribution in [0.5, 0.6) is 5.75 Å². The van der Waals surface area contributed by atoms with Gasteiger partial charge in [-0.05, 0) is 75.7 Å². The second kappa shape index (κ2) is 8.57. The number of amides is 3. The molecule has 2 aromatic rings. The van der Waals surface area contributed by atoms with E-state index in [4.69, 9.17) is 4.74 Å². The number of hydrogen-bond acceptors (Lipinski definition) is 5. The van der Waals surface area contributed by atoms with Crippen LogP contribution in [0.1, 0.15) is 5.56 Å². The summed E-state index contributed by atoms with van der Waals surface area (Å²) in [6, 6.07) is 10.4. The second-order valence-corrected chi connectivity index (χ2v) is 7.56. The fourth-order valence-corrected chi connectivity index (χ4v) is 3.83. The molecule has 0 spiro atoms. The van der Waals surface area contributed by atoms with Crippen molar-refractivity contribution in [3.63, 3.8) is 0 Å². The third-order valence-corrected chi connectivity index (χ3v) is 5.30. The molecule has 0 saturated carbocycles. The Morgan fingerprint density at radius 3 is 2.61 bits per heavy atom. The summed E-state index contributed by atoms with van der Waals surface area (Å²) in [5.74, 6) is -0.888. The lowest BCUT2D eigenvalue weighted by atomic mass is 10.2. The van der Waals surface area contributed by atoms with Crippen LogP contribution in [0.3, 0.4) is 0 Å². The normalized spacial score (nSPS) is 15.2. The SMILES string of the molecule is COc1ccc(/C=C2\SC(=O)N(CC(=O)Nc3ccc(F)cc3)C2=O)cc1Br.